The van der Waals surface area contributed by atoms with E-state index in [1.807, 2.05) is 10.9 Å². The fourth-order valence-corrected chi connectivity index (χ4v) is 2.72. The molecule has 2 atom stereocenters. The van der Waals surface area contributed by atoms with Gasteiger partial charge in [-0.25, -0.2) is 0 Å². The Balaban J connectivity index is 1.50. The number of aromatic nitrogens is 2. The van der Waals surface area contributed by atoms with Crippen LogP contribution in [0.15, 0.2) is 12.4 Å². The molecule has 0 radical (unpaired) electrons. The average molecular weight is 265 g/mol. The Labute approximate surface area is 116 Å². The molecule has 1 heterocycles. The Morgan fingerprint density at radius 1 is 1.37 bits per heavy atom. The van der Waals surface area contributed by atoms with Gasteiger partial charge in [-0.05, 0) is 31.2 Å². The number of ether oxygens (including phenoxy) is 1. The van der Waals surface area contributed by atoms with Crippen LogP contribution < -0.4 is 5.32 Å². The van der Waals surface area contributed by atoms with Crippen molar-refractivity contribution in [2.24, 2.45) is 5.92 Å². The highest BCUT2D eigenvalue weighted by Crippen LogP contribution is 2.25. The maximum atomic E-state index is 5.97. The number of nitrogens with zero attached hydrogens (tertiary/aromatic N) is 2. The van der Waals surface area contributed by atoms with Gasteiger partial charge in [-0.2, -0.15) is 5.10 Å². The van der Waals surface area contributed by atoms with E-state index in [4.69, 9.17) is 4.74 Å². The Kier molecular flexibility index (Phi) is 5.86. The molecule has 19 heavy (non-hydrogen) atoms. The van der Waals surface area contributed by atoms with E-state index in [-0.39, 0.29) is 0 Å². The van der Waals surface area contributed by atoms with Crippen molar-refractivity contribution in [2.45, 2.75) is 52.2 Å². The van der Waals surface area contributed by atoms with Crippen LogP contribution >= 0.6 is 0 Å². The van der Waals surface area contributed by atoms with Crippen LogP contribution in [0.1, 0.15) is 38.2 Å². The fourth-order valence-electron chi connectivity index (χ4n) is 2.72. The van der Waals surface area contributed by atoms with Gasteiger partial charge in [-0.1, -0.05) is 19.8 Å². The second-order valence-corrected chi connectivity index (χ2v) is 5.70. The average Bonchev–Trinajstić information content (AvgIpc) is 2.81. The van der Waals surface area contributed by atoms with Crippen molar-refractivity contribution in [1.82, 2.24) is 15.1 Å². The molecule has 0 spiro atoms. The lowest BCUT2D eigenvalue weighted by Crippen LogP contribution is -2.30. The molecule has 0 bridgehead atoms. The summed E-state index contributed by atoms with van der Waals surface area (Å²) in [6, 6.07) is 0. The molecular formula is C15H27N3O. The lowest BCUT2D eigenvalue weighted by molar-refractivity contribution is -0.00314. The minimum absolute atomic E-state index is 0.490. The summed E-state index contributed by atoms with van der Waals surface area (Å²) in [4.78, 5) is 0. The van der Waals surface area contributed by atoms with Crippen LogP contribution in [0, 0.1) is 12.8 Å². The molecule has 0 saturated heterocycles. The second-order valence-electron chi connectivity index (χ2n) is 5.70. The lowest BCUT2D eigenvalue weighted by Gasteiger charge is -2.28. The highest BCUT2D eigenvalue weighted by molar-refractivity contribution is 4.99. The molecule has 1 fully saturated rings. The molecule has 1 aromatic heterocycles. The van der Waals surface area contributed by atoms with Gasteiger partial charge in [0.15, 0.2) is 0 Å². The molecule has 108 valence electrons. The molecule has 0 aliphatic heterocycles. The van der Waals surface area contributed by atoms with Crippen molar-refractivity contribution in [2.75, 3.05) is 19.7 Å². The monoisotopic (exact) mass is 265 g/mol. The van der Waals surface area contributed by atoms with Crippen LogP contribution in [0.5, 0.6) is 0 Å². The maximum Gasteiger partial charge on any atom is 0.0601 e. The zero-order valence-electron chi connectivity index (χ0n) is 12.3. The van der Waals surface area contributed by atoms with E-state index < -0.39 is 0 Å². The maximum absolute atomic E-state index is 5.97. The molecule has 1 aliphatic rings. The van der Waals surface area contributed by atoms with E-state index in [0.717, 1.165) is 32.2 Å². The molecule has 0 amide bonds. The van der Waals surface area contributed by atoms with Crippen molar-refractivity contribution in [3.8, 4) is 0 Å². The van der Waals surface area contributed by atoms with Gasteiger partial charge in [0, 0.05) is 19.3 Å². The molecule has 1 aliphatic carbocycles. The molecule has 0 aromatic carbocycles. The summed E-state index contributed by atoms with van der Waals surface area (Å²) in [6.07, 6.45) is 9.74. The summed E-state index contributed by atoms with van der Waals surface area (Å²) in [5.74, 6) is 0.737. The highest BCUT2D eigenvalue weighted by atomic mass is 16.5. The Morgan fingerprint density at radius 2 is 2.21 bits per heavy atom. The normalized spacial score (nSPS) is 23.7. The van der Waals surface area contributed by atoms with Gasteiger partial charge in [0.1, 0.15) is 0 Å². The first kappa shape index (κ1) is 14.5. The van der Waals surface area contributed by atoms with Gasteiger partial charge in [-0.15, -0.1) is 0 Å². The number of hydrogen-bond acceptors (Lipinski definition) is 3. The van der Waals surface area contributed by atoms with Crippen LogP contribution in [-0.2, 0) is 11.3 Å². The fraction of sp³-hybridized carbons (Fsp3) is 0.800. The summed E-state index contributed by atoms with van der Waals surface area (Å²) in [7, 11) is 0. The van der Waals surface area contributed by atoms with Crippen molar-refractivity contribution in [3.05, 3.63) is 18.0 Å². The summed E-state index contributed by atoms with van der Waals surface area (Å²) in [6.45, 7) is 8.02. The molecule has 4 nitrogen and oxygen atoms in total. The quantitative estimate of drug-likeness (QED) is 0.769. The molecule has 1 N–H and O–H groups in total. The minimum atomic E-state index is 0.490. The number of nitrogens with one attached hydrogen (secondary N) is 1. The lowest BCUT2D eigenvalue weighted by atomic mass is 9.88. The van der Waals surface area contributed by atoms with E-state index in [2.05, 4.69) is 30.5 Å². The largest absolute Gasteiger partial charge is 0.377 e. The first-order chi connectivity index (χ1) is 9.25. The number of aryl methyl sites for hydroxylation is 1. The molecule has 4 heteroatoms. The smallest absolute Gasteiger partial charge is 0.0601 e. The molecule has 0 unspecified atom stereocenters. The molecule has 1 saturated carbocycles. The van der Waals surface area contributed by atoms with E-state index in [1.54, 1.807) is 0 Å². The third-order valence-corrected chi connectivity index (χ3v) is 3.92. The van der Waals surface area contributed by atoms with Crippen molar-refractivity contribution < 1.29 is 4.74 Å². The number of rotatable bonds is 7. The highest BCUT2D eigenvalue weighted by Gasteiger charge is 2.21. The molecule has 1 aromatic rings. The van der Waals surface area contributed by atoms with E-state index in [9.17, 15) is 0 Å². The SMILES string of the molecule is Cc1cnn(CCNCCO[C@@H]2CCCC[C@@H]2C)c1. The Bertz CT molecular complexity index is 364. The van der Waals surface area contributed by atoms with Crippen LogP contribution in [-0.4, -0.2) is 35.6 Å². The van der Waals surface area contributed by atoms with Gasteiger partial charge in [0.05, 0.1) is 25.5 Å². The molecule has 2 rings (SSSR count). The second kappa shape index (κ2) is 7.65. The van der Waals surface area contributed by atoms with Crippen LogP contribution in [0.25, 0.3) is 0 Å². The summed E-state index contributed by atoms with van der Waals surface area (Å²) in [5, 5.41) is 7.67. The third kappa shape index (κ3) is 4.96. The summed E-state index contributed by atoms with van der Waals surface area (Å²) in [5.41, 5.74) is 1.22. The molecular weight excluding hydrogens is 238 g/mol. The first-order valence-corrected chi connectivity index (χ1v) is 7.57. The predicted octanol–water partition coefficient (Wildman–Crippen LogP) is 2.38. The zero-order chi connectivity index (χ0) is 13.5. The van der Waals surface area contributed by atoms with Crippen molar-refractivity contribution in [3.63, 3.8) is 0 Å². The Morgan fingerprint density at radius 3 is 2.95 bits per heavy atom. The van der Waals surface area contributed by atoms with Crippen molar-refractivity contribution in [1.29, 1.82) is 0 Å². The Hall–Kier alpha value is -0.870. The van der Waals surface area contributed by atoms with Crippen LogP contribution in [0.3, 0.4) is 0 Å². The van der Waals surface area contributed by atoms with E-state index in [1.165, 1.54) is 31.2 Å². The van der Waals surface area contributed by atoms with Gasteiger partial charge >= 0.3 is 0 Å². The predicted molar refractivity (Wildman–Crippen MR) is 77.2 cm³/mol. The van der Waals surface area contributed by atoms with Gasteiger partial charge < -0.3 is 10.1 Å². The third-order valence-electron chi connectivity index (χ3n) is 3.92. The number of hydrogen-bond donors (Lipinski definition) is 1. The van der Waals surface area contributed by atoms with Crippen molar-refractivity contribution >= 4 is 0 Å². The first-order valence-electron chi connectivity index (χ1n) is 7.57. The van der Waals surface area contributed by atoms with Crippen LogP contribution in [0.4, 0.5) is 0 Å². The topological polar surface area (TPSA) is 39.1 Å². The van der Waals surface area contributed by atoms with E-state index in [0.29, 0.717) is 6.10 Å². The zero-order valence-corrected chi connectivity index (χ0v) is 12.3. The summed E-state index contributed by atoms with van der Waals surface area (Å²) >= 11 is 0. The van der Waals surface area contributed by atoms with Crippen LogP contribution in [0.2, 0.25) is 0 Å². The summed E-state index contributed by atoms with van der Waals surface area (Å²) < 4.78 is 7.95. The van der Waals surface area contributed by atoms with Gasteiger partial charge in [0.25, 0.3) is 0 Å². The van der Waals surface area contributed by atoms with Gasteiger partial charge in [-0.3, -0.25) is 4.68 Å². The van der Waals surface area contributed by atoms with Gasteiger partial charge in [0.2, 0.25) is 0 Å². The standard InChI is InChI=1S/C15H27N3O/c1-13-11-17-18(12-13)9-7-16-8-10-19-15-6-4-3-5-14(15)2/h11-12,14-16H,3-10H2,1-2H3/t14-,15+/m0/s1. The minimum Gasteiger partial charge on any atom is -0.377 e. The van der Waals surface area contributed by atoms with E-state index >= 15 is 0 Å².